The lowest BCUT2D eigenvalue weighted by molar-refractivity contribution is -0.128. The highest BCUT2D eigenvalue weighted by Gasteiger charge is 2.34. The fourth-order valence-corrected chi connectivity index (χ4v) is 5.06. The third-order valence-electron chi connectivity index (χ3n) is 7.64. The quantitative estimate of drug-likeness (QED) is 0.0888. The van der Waals surface area contributed by atoms with Gasteiger partial charge in [0.15, 0.2) is 23.2 Å². The van der Waals surface area contributed by atoms with E-state index in [0.29, 0.717) is 16.7 Å². The first-order valence-electron chi connectivity index (χ1n) is 15.8. The molecule has 1 atom stereocenters. The molecule has 1 unspecified atom stereocenters. The van der Waals surface area contributed by atoms with Crippen molar-refractivity contribution in [1.29, 1.82) is 0 Å². The fourth-order valence-electron chi connectivity index (χ4n) is 5.06. The predicted molar refractivity (Wildman–Crippen MR) is 180 cm³/mol. The van der Waals surface area contributed by atoms with Crippen LogP contribution in [0, 0.1) is 36.0 Å². The van der Waals surface area contributed by atoms with Crippen LogP contribution in [0.25, 0.3) is 10.9 Å². The number of carbonyl (C=O) groups excluding carboxylic acids is 3. The summed E-state index contributed by atoms with van der Waals surface area (Å²) >= 11 is 0. The van der Waals surface area contributed by atoms with Gasteiger partial charge in [0.2, 0.25) is 17.5 Å². The van der Waals surface area contributed by atoms with Crippen LogP contribution in [0.1, 0.15) is 41.9 Å². The van der Waals surface area contributed by atoms with Crippen LogP contribution in [0.2, 0.25) is 0 Å². The molecule has 5 aromatic rings. The molecule has 3 aromatic carbocycles. The van der Waals surface area contributed by atoms with Gasteiger partial charge in [0.1, 0.15) is 30.2 Å². The molecule has 18 heteroatoms. The van der Waals surface area contributed by atoms with E-state index in [2.05, 4.69) is 25.7 Å². The van der Waals surface area contributed by atoms with Crippen molar-refractivity contribution in [2.75, 3.05) is 20.3 Å². The molecule has 53 heavy (non-hydrogen) atoms. The van der Waals surface area contributed by atoms with E-state index in [1.807, 2.05) is 13.0 Å². The van der Waals surface area contributed by atoms with Crippen molar-refractivity contribution in [3.05, 3.63) is 111 Å². The number of halogens is 5. The number of hydrogen-bond donors (Lipinski definition) is 5. The number of aromatic amines is 2. The van der Waals surface area contributed by atoms with Gasteiger partial charge in [-0.15, -0.1) is 0 Å². The molecule has 0 aliphatic heterocycles. The first-order valence-corrected chi connectivity index (χ1v) is 15.8. The maximum Gasteiger partial charge on any atom is 0.343 e. The molecule has 0 bridgehead atoms. The van der Waals surface area contributed by atoms with E-state index in [9.17, 15) is 46.2 Å². The van der Waals surface area contributed by atoms with Crippen molar-refractivity contribution in [3.63, 3.8) is 0 Å². The van der Waals surface area contributed by atoms with Crippen LogP contribution in [0.3, 0.4) is 0 Å². The number of rotatable bonds is 13. The van der Waals surface area contributed by atoms with Gasteiger partial charge >= 0.3 is 5.69 Å². The summed E-state index contributed by atoms with van der Waals surface area (Å²) in [6.45, 7) is 1.69. The van der Waals surface area contributed by atoms with E-state index in [-0.39, 0.29) is 24.5 Å². The Bertz CT molecular complexity index is 2130. The normalized spacial score (nSPS) is 11.7. The molecule has 0 spiro atoms. The van der Waals surface area contributed by atoms with Crippen LogP contribution in [0.4, 0.5) is 22.0 Å². The fraction of sp³-hybridized carbons (Fsp3) is 0.286. The zero-order chi connectivity index (χ0) is 39.0. The van der Waals surface area contributed by atoms with Crippen LogP contribution in [0.15, 0.2) is 59.7 Å². The zero-order valence-electron chi connectivity index (χ0n) is 28.8. The van der Waals surface area contributed by atoms with Crippen molar-refractivity contribution < 1.29 is 50.9 Å². The number of aromatic nitrogens is 4. The second-order valence-corrected chi connectivity index (χ2v) is 12.1. The molecule has 5 N–H and O–H groups in total. The highest BCUT2D eigenvalue weighted by molar-refractivity contribution is 6.01. The van der Waals surface area contributed by atoms with Crippen molar-refractivity contribution in [2.45, 2.75) is 45.4 Å². The molecule has 0 fully saturated rings. The number of aryl methyl sites for hydroxylation is 2. The largest absolute Gasteiger partial charge is 0.496 e. The maximum atomic E-state index is 14.6. The van der Waals surface area contributed by atoms with Crippen LogP contribution in [-0.2, 0) is 21.7 Å². The van der Waals surface area contributed by atoms with Gasteiger partial charge in [0.25, 0.3) is 5.91 Å². The number of carbonyl (C=O) groups is 3. The number of ketones is 1. The Kier molecular flexibility index (Phi) is 12.7. The van der Waals surface area contributed by atoms with E-state index in [1.54, 1.807) is 24.3 Å². The number of nitrogens with one attached hydrogen (secondary N) is 4. The number of benzene rings is 3. The Balaban J connectivity index is 0.000000692. The number of ether oxygens (including phenoxy) is 2. The number of H-pyrrole nitrogens is 2. The molecular weight excluding hydrogens is 711 g/mol. The summed E-state index contributed by atoms with van der Waals surface area (Å²) < 4.78 is 81.3. The molecule has 0 saturated heterocycles. The van der Waals surface area contributed by atoms with Crippen LogP contribution in [-0.4, -0.2) is 68.8 Å². The third-order valence-corrected chi connectivity index (χ3v) is 7.64. The molecule has 0 aliphatic rings. The predicted octanol–water partition coefficient (Wildman–Crippen LogP) is 3.93. The Labute approximate surface area is 298 Å². The number of fused-ring (bicyclic) bond motifs is 1. The lowest BCUT2D eigenvalue weighted by Crippen LogP contribution is -2.47. The van der Waals surface area contributed by atoms with E-state index >= 15 is 0 Å². The molecule has 2 aromatic heterocycles. The first-order chi connectivity index (χ1) is 25.0. The summed E-state index contributed by atoms with van der Waals surface area (Å²) in [5, 5.41) is 19.0. The molecule has 0 saturated carbocycles. The smallest absolute Gasteiger partial charge is 0.343 e. The molecule has 282 valence electrons. The Morgan fingerprint density at radius 2 is 1.68 bits per heavy atom. The average Bonchev–Trinajstić information content (AvgIpc) is 3.73. The van der Waals surface area contributed by atoms with Gasteiger partial charge in [-0.3, -0.25) is 19.4 Å². The van der Waals surface area contributed by atoms with Gasteiger partial charge in [-0.1, -0.05) is 18.2 Å². The van der Waals surface area contributed by atoms with Gasteiger partial charge < -0.3 is 30.2 Å². The van der Waals surface area contributed by atoms with Crippen LogP contribution in [0.5, 0.6) is 11.5 Å². The summed E-state index contributed by atoms with van der Waals surface area (Å²) in [5.41, 5.74) is -2.52. The lowest BCUT2D eigenvalue weighted by Gasteiger charge is -2.22. The van der Waals surface area contributed by atoms with Crippen molar-refractivity contribution in [1.82, 2.24) is 30.4 Å². The standard InChI is InChI=1S/C28H28F4N6O7.C7H7F/c1-28(2,43)20-21(29)23(31)25(24(32)22(20)30)45-11-17(39)15(7-8-38-27(42)34-12-35-38)37-19(40)10-33-26(41)16-9-13-14(36-16)5-4-6-18(13)44-3;1-6-3-2-4-7(8)5-6/h4-6,9,12,15,36,43H,7-8,10-11H2,1-3H3,(H,33,41)(H,37,40)(H,34,35,42);2-5H,1H3. The van der Waals surface area contributed by atoms with E-state index in [4.69, 9.17) is 9.47 Å². The minimum atomic E-state index is -2.29. The number of aliphatic hydroxyl groups is 1. The summed E-state index contributed by atoms with van der Waals surface area (Å²) in [5.74, 6) is -11.6. The van der Waals surface area contributed by atoms with Gasteiger partial charge in [0, 0.05) is 17.4 Å². The summed E-state index contributed by atoms with van der Waals surface area (Å²) in [4.78, 5) is 55.4. The molecule has 2 amide bonds. The molecule has 5 rings (SSSR count). The van der Waals surface area contributed by atoms with E-state index < -0.39 is 82.7 Å². The number of nitrogens with zero attached hydrogens (tertiary/aromatic N) is 2. The number of methoxy groups -OCH3 is 1. The Hall–Kier alpha value is -6.04. The highest BCUT2D eigenvalue weighted by Crippen LogP contribution is 2.35. The SMILES string of the molecule is COc1cccc2[nH]c(C(=O)NCC(=O)NC(CCn3nc[nH]c3=O)C(=O)COc3c(F)c(F)c(C(C)(C)O)c(F)c3F)cc12.Cc1cccc(F)c1. The monoisotopic (exact) mass is 746 g/mol. The molecular formula is C35H35F5N6O7. The van der Waals surface area contributed by atoms with Crippen LogP contribution >= 0.6 is 0 Å². The van der Waals surface area contributed by atoms with Crippen molar-refractivity contribution >= 4 is 28.5 Å². The zero-order valence-corrected chi connectivity index (χ0v) is 28.8. The minimum absolute atomic E-state index is 0.111. The lowest BCUT2D eigenvalue weighted by atomic mass is 9.96. The van der Waals surface area contributed by atoms with Crippen molar-refractivity contribution in [2.24, 2.45) is 0 Å². The Morgan fingerprint density at radius 3 is 2.25 bits per heavy atom. The van der Waals surface area contributed by atoms with Gasteiger partial charge in [-0.05, 0) is 63.1 Å². The van der Waals surface area contributed by atoms with E-state index in [1.165, 1.54) is 25.3 Å². The summed E-state index contributed by atoms with van der Waals surface area (Å²) in [6, 6.07) is 11.7. The number of amides is 2. The Morgan fingerprint density at radius 1 is 1.00 bits per heavy atom. The minimum Gasteiger partial charge on any atom is -0.496 e. The van der Waals surface area contributed by atoms with Gasteiger partial charge in [0.05, 0.1) is 30.9 Å². The van der Waals surface area contributed by atoms with Gasteiger partial charge in [-0.2, -0.15) is 13.9 Å². The molecule has 2 heterocycles. The van der Waals surface area contributed by atoms with Crippen molar-refractivity contribution in [3.8, 4) is 11.5 Å². The molecule has 13 nitrogen and oxygen atoms in total. The third kappa shape index (κ3) is 9.85. The molecule has 0 radical (unpaired) electrons. The number of Topliss-reactive ketones (excluding diaryl/α,β-unsaturated/α-hetero) is 1. The number of hydrogen-bond acceptors (Lipinski definition) is 8. The topological polar surface area (TPSA) is 180 Å². The maximum absolute atomic E-state index is 14.6. The summed E-state index contributed by atoms with van der Waals surface area (Å²) in [7, 11) is 1.47. The second-order valence-electron chi connectivity index (χ2n) is 12.1. The average molecular weight is 747 g/mol. The second kappa shape index (κ2) is 17.0. The van der Waals surface area contributed by atoms with Crippen LogP contribution < -0.4 is 25.8 Å². The highest BCUT2D eigenvalue weighted by atomic mass is 19.2. The molecule has 0 aliphatic carbocycles. The van der Waals surface area contributed by atoms with E-state index in [0.717, 1.165) is 30.4 Å². The summed E-state index contributed by atoms with van der Waals surface area (Å²) in [6.07, 6.45) is 0.807. The van der Waals surface area contributed by atoms with Gasteiger partial charge in [-0.25, -0.2) is 22.6 Å². The first kappa shape index (κ1) is 39.7.